The van der Waals surface area contributed by atoms with Crippen LogP contribution in [0.4, 0.5) is 8.78 Å². The zero-order valence-corrected chi connectivity index (χ0v) is 15.9. The largest absolute Gasteiger partial charge is 0.434 e. The van der Waals surface area contributed by atoms with E-state index in [2.05, 4.69) is 30.4 Å². The molecule has 2 aromatic rings. The first-order chi connectivity index (χ1) is 13.6. The van der Waals surface area contributed by atoms with Crippen molar-refractivity contribution in [1.82, 2.24) is 25.4 Å². The number of nitrogens with zero attached hydrogens (tertiary/aromatic N) is 4. The number of aliphatic imine (C=N–C) groups is 1. The standard InChI is InChI=1S/C18H24F2N6O2/c1-21-18(22-9-12-5-3-4-6-14(12)28-17(19)20)23-13-7-8-16-24-15(11-27-2)25-26(16)10-13/h3-6,13,17H,7-11H2,1-2H3,(H2,21,22,23). The van der Waals surface area contributed by atoms with Crippen LogP contribution in [0.25, 0.3) is 0 Å². The van der Waals surface area contributed by atoms with E-state index in [4.69, 9.17) is 4.74 Å². The molecule has 2 heterocycles. The minimum Gasteiger partial charge on any atom is -0.434 e. The second kappa shape index (κ2) is 9.45. The molecule has 152 valence electrons. The third-order valence-corrected chi connectivity index (χ3v) is 4.37. The van der Waals surface area contributed by atoms with E-state index in [1.165, 1.54) is 6.07 Å². The third-order valence-electron chi connectivity index (χ3n) is 4.37. The first kappa shape index (κ1) is 20.0. The lowest BCUT2D eigenvalue weighted by Gasteiger charge is -2.25. The predicted octanol–water partition coefficient (Wildman–Crippen LogP) is 1.71. The number of guanidine groups is 1. The Morgan fingerprint density at radius 3 is 2.96 bits per heavy atom. The lowest BCUT2D eigenvalue weighted by molar-refractivity contribution is -0.0504. The second-order valence-electron chi connectivity index (χ2n) is 6.35. The number of fused-ring (bicyclic) bond motifs is 1. The zero-order chi connectivity index (χ0) is 19.9. The van der Waals surface area contributed by atoms with Gasteiger partial charge >= 0.3 is 6.61 Å². The van der Waals surface area contributed by atoms with Crippen LogP contribution in [0.5, 0.6) is 5.75 Å². The Morgan fingerprint density at radius 2 is 2.21 bits per heavy atom. The number of methoxy groups -OCH3 is 1. The third kappa shape index (κ3) is 5.16. The minimum absolute atomic E-state index is 0.128. The van der Waals surface area contributed by atoms with Gasteiger partial charge in [-0.2, -0.15) is 13.9 Å². The van der Waals surface area contributed by atoms with Crippen molar-refractivity contribution in [2.75, 3.05) is 14.2 Å². The van der Waals surface area contributed by atoms with Crippen LogP contribution in [0.15, 0.2) is 29.3 Å². The topological polar surface area (TPSA) is 85.6 Å². The quantitative estimate of drug-likeness (QED) is 0.549. The Balaban J connectivity index is 1.57. The second-order valence-corrected chi connectivity index (χ2v) is 6.35. The molecule has 1 aromatic heterocycles. The van der Waals surface area contributed by atoms with Crippen molar-refractivity contribution < 1.29 is 18.3 Å². The van der Waals surface area contributed by atoms with E-state index in [9.17, 15) is 8.78 Å². The van der Waals surface area contributed by atoms with Crippen molar-refractivity contribution >= 4 is 5.96 Å². The van der Waals surface area contributed by atoms with Gasteiger partial charge in [0.25, 0.3) is 0 Å². The molecular weight excluding hydrogens is 370 g/mol. The van der Waals surface area contributed by atoms with Crippen LogP contribution in [0.2, 0.25) is 0 Å². The number of aryl methyl sites for hydroxylation is 1. The molecule has 1 unspecified atom stereocenters. The Morgan fingerprint density at radius 1 is 1.39 bits per heavy atom. The number of halogens is 2. The number of alkyl halides is 2. The number of nitrogens with one attached hydrogen (secondary N) is 2. The fourth-order valence-corrected chi connectivity index (χ4v) is 3.10. The van der Waals surface area contributed by atoms with E-state index in [0.717, 1.165) is 18.7 Å². The smallest absolute Gasteiger partial charge is 0.387 e. The highest BCUT2D eigenvalue weighted by molar-refractivity contribution is 5.80. The summed E-state index contributed by atoms with van der Waals surface area (Å²) >= 11 is 0. The minimum atomic E-state index is -2.86. The molecule has 0 spiro atoms. The highest BCUT2D eigenvalue weighted by atomic mass is 19.3. The van der Waals surface area contributed by atoms with Gasteiger partial charge in [0.2, 0.25) is 0 Å². The highest BCUT2D eigenvalue weighted by Crippen LogP contribution is 2.20. The normalized spacial score (nSPS) is 16.8. The van der Waals surface area contributed by atoms with Crippen molar-refractivity contribution in [2.24, 2.45) is 4.99 Å². The maximum atomic E-state index is 12.5. The summed E-state index contributed by atoms with van der Waals surface area (Å²) in [5.74, 6) is 2.36. The van der Waals surface area contributed by atoms with Crippen molar-refractivity contribution in [2.45, 2.75) is 45.2 Å². The molecule has 10 heteroatoms. The van der Waals surface area contributed by atoms with Gasteiger partial charge in [-0.05, 0) is 12.5 Å². The monoisotopic (exact) mass is 394 g/mol. The molecule has 0 aliphatic carbocycles. The molecule has 0 saturated carbocycles. The van der Waals surface area contributed by atoms with Crippen LogP contribution in [0.3, 0.4) is 0 Å². The number of para-hydroxylation sites is 1. The molecule has 0 amide bonds. The summed E-state index contributed by atoms with van der Waals surface area (Å²) in [6.45, 7) is -1.50. The molecular formula is C18H24F2N6O2. The molecule has 8 nitrogen and oxygen atoms in total. The summed E-state index contributed by atoms with van der Waals surface area (Å²) < 4.78 is 36.6. The number of rotatable bonds is 7. The maximum absolute atomic E-state index is 12.5. The van der Waals surface area contributed by atoms with Crippen molar-refractivity contribution in [1.29, 1.82) is 0 Å². The molecule has 3 rings (SSSR count). The van der Waals surface area contributed by atoms with Gasteiger partial charge < -0.3 is 20.1 Å². The summed E-state index contributed by atoms with van der Waals surface area (Å²) in [5, 5.41) is 10.9. The van der Waals surface area contributed by atoms with Crippen LogP contribution < -0.4 is 15.4 Å². The summed E-state index contributed by atoms with van der Waals surface area (Å²) in [6.07, 6.45) is 1.69. The summed E-state index contributed by atoms with van der Waals surface area (Å²) in [7, 11) is 3.28. The number of ether oxygens (including phenoxy) is 2. The van der Waals surface area contributed by atoms with E-state index in [1.54, 1.807) is 32.4 Å². The predicted molar refractivity (Wildman–Crippen MR) is 99.3 cm³/mol. The molecule has 2 N–H and O–H groups in total. The number of hydrogen-bond acceptors (Lipinski definition) is 5. The average molecular weight is 394 g/mol. The Hall–Kier alpha value is -2.75. The van der Waals surface area contributed by atoms with Gasteiger partial charge in [-0.3, -0.25) is 4.99 Å². The summed E-state index contributed by atoms with van der Waals surface area (Å²) in [5.41, 5.74) is 0.622. The molecule has 0 bridgehead atoms. The van der Waals surface area contributed by atoms with E-state index >= 15 is 0 Å². The van der Waals surface area contributed by atoms with E-state index < -0.39 is 6.61 Å². The molecule has 28 heavy (non-hydrogen) atoms. The van der Waals surface area contributed by atoms with Gasteiger partial charge in [-0.15, -0.1) is 0 Å². The zero-order valence-electron chi connectivity index (χ0n) is 15.9. The van der Waals surface area contributed by atoms with Crippen molar-refractivity contribution in [3.63, 3.8) is 0 Å². The molecule has 1 aliphatic rings. The van der Waals surface area contributed by atoms with Gasteiger partial charge in [0.15, 0.2) is 11.8 Å². The summed E-state index contributed by atoms with van der Waals surface area (Å²) in [6, 6.07) is 6.81. The van der Waals surface area contributed by atoms with E-state index in [0.29, 0.717) is 37.0 Å². The van der Waals surface area contributed by atoms with Crippen LogP contribution >= 0.6 is 0 Å². The number of benzene rings is 1. The maximum Gasteiger partial charge on any atom is 0.387 e. The highest BCUT2D eigenvalue weighted by Gasteiger charge is 2.22. The van der Waals surface area contributed by atoms with Crippen molar-refractivity contribution in [3.8, 4) is 5.75 Å². The molecule has 1 aliphatic heterocycles. The summed E-state index contributed by atoms with van der Waals surface area (Å²) in [4.78, 5) is 8.68. The average Bonchev–Trinajstić information content (AvgIpc) is 3.07. The number of hydrogen-bond donors (Lipinski definition) is 2. The molecule has 0 saturated heterocycles. The lowest BCUT2D eigenvalue weighted by atomic mass is 10.1. The van der Waals surface area contributed by atoms with Crippen LogP contribution in [0, 0.1) is 0 Å². The van der Waals surface area contributed by atoms with Crippen LogP contribution in [0.1, 0.15) is 23.6 Å². The Bertz CT molecular complexity index is 811. The number of aromatic nitrogens is 3. The molecule has 0 fully saturated rings. The van der Waals surface area contributed by atoms with E-state index in [1.807, 2.05) is 4.68 Å². The first-order valence-electron chi connectivity index (χ1n) is 9.00. The fourth-order valence-electron chi connectivity index (χ4n) is 3.10. The van der Waals surface area contributed by atoms with Gasteiger partial charge in [-0.25, -0.2) is 9.67 Å². The van der Waals surface area contributed by atoms with Gasteiger partial charge in [0.05, 0.1) is 6.54 Å². The van der Waals surface area contributed by atoms with E-state index in [-0.39, 0.29) is 11.8 Å². The van der Waals surface area contributed by atoms with Crippen LogP contribution in [-0.4, -0.2) is 47.5 Å². The van der Waals surface area contributed by atoms with Crippen molar-refractivity contribution in [3.05, 3.63) is 41.5 Å². The Kier molecular flexibility index (Phi) is 6.75. The first-order valence-corrected chi connectivity index (χ1v) is 9.00. The molecule has 1 atom stereocenters. The van der Waals surface area contributed by atoms with Gasteiger partial charge in [0.1, 0.15) is 18.2 Å². The fraction of sp³-hybridized carbons (Fsp3) is 0.500. The van der Waals surface area contributed by atoms with Gasteiger partial charge in [-0.1, -0.05) is 18.2 Å². The van der Waals surface area contributed by atoms with Crippen LogP contribution in [-0.2, 0) is 30.9 Å². The lowest BCUT2D eigenvalue weighted by Crippen LogP contribution is -2.46. The Labute approximate surface area is 162 Å². The molecule has 0 radical (unpaired) electrons. The van der Waals surface area contributed by atoms with Gasteiger partial charge in [0, 0.05) is 38.7 Å². The molecule has 1 aromatic carbocycles. The SMILES string of the molecule is CN=C(NCc1ccccc1OC(F)F)NC1CCc2nc(COC)nn2C1.